The zero-order valence-corrected chi connectivity index (χ0v) is 23.5. The Bertz CT molecular complexity index is 1340. The number of nitrogens with zero attached hydrogens (tertiary/aromatic N) is 2. The summed E-state index contributed by atoms with van der Waals surface area (Å²) in [5.74, 6) is -0.487. The Labute approximate surface area is 233 Å². The molecule has 1 spiro atoms. The third-order valence-electron chi connectivity index (χ3n) is 8.68. The lowest BCUT2D eigenvalue weighted by Crippen LogP contribution is -2.49. The number of carbonyl (C=O) groups excluding carboxylic acids is 3. The minimum Gasteiger partial charge on any atom is -0.496 e. The molecule has 10 heteroatoms. The molecule has 3 N–H and O–H groups in total. The largest absolute Gasteiger partial charge is 0.496 e. The molecule has 0 bridgehead atoms. The lowest BCUT2D eigenvalue weighted by molar-refractivity contribution is -0.126. The maximum absolute atomic E-state index is 13.9. The Hall–Kier alpha value is -3.25. The van der Waals surface area contributed by atoms with Crippen LogP contribution in [0, 0.1) is 22.7 Å². The highest BCUT2D eigenvalue weighted by atomic mass is 35.5. The van der Waals surface area contributed by atoms with Gasteiger partial charge in [-0.1, -0.05) is 30.9 Å². The Balaban J connectivity index is 1.39. The zero-order chi connectivity index (χ0) is 27.9. The van der Waals surface area contributed by atoms with Gasteiger partial charge in [-0.15, -0.1) is 0 Å². The molecule has 1 aromatic carbocycles. The zero-order valence-electron chi connectivity index (χ0n) is 22.7. The molecule has 5 rings (SSSR count). The Morgan fingerprint density at radius 2 is 1.97 bits per heavy atom. The van der Waals surface area contributed by atoms with Crippen molar-refractivity contribution < 1.29 is 19.1 Å². The Morgan fingerprint density at radius 1 is 1.23 bits per heavy atom. The molecule has 3 aliphatic rings. The number of likely N-dealkylation sites (tertiary alicyclic amines) is 1. The van der Waals surface area contributed by atoms with Crippen molar-refractivity contribution >= 4 is 40.2 Å². The van der Waals surface area contributed by atoms with E-state index in [1.165, 1.54) is 0 Å². The average Bonchev–Trinajstić information content (AvgIpc) is 3.56. The fourth-order valence-electron chi connectivity index (χ4n) is 6.86. The summed E-state index contributed by atoms with van der Waals surface area (Å²) in [4.78, 5) is 44.8. The maximum Gasteiger partial charge on any atom is 0.271 e. The van der Waals surface area contributed by atoms with Gasteiger partial charge in [0, 0.05) is 28.4 Å². The smallest absolute Gasteiger partial charge is 0.271 e. The van der Waals surface area contributed by atoms with E-state index in [1.54, 1.807) is 30.2 Å². The number of ether oxygens (including phenoxy) is 1. The van der Waals surface area contributed by atoms with Crippen LogP contribution in [0.15, 0.2) is 18.2 Å². The first-order valence-electron chi connectivity index (χ1n) is 13.7. The van der Waals surface area contributed by atoms with Gasteiger partial charge < -0.3 is 25.3 Å². The molecular weight excluding hydrogens is 518 g/mol. The lowest BCUT2D eigenvalue weighted by atomic mass is 9.72. The molecule has 9 nitrogen and oxygen atoms in total. The van der Waals surface area contributed by atoms with Crippen molar-refractivity contribution in [2.24, 2.45) is 11.3 Å². The summed E-state index contributed by atoms with van der Waals surface area (Å²) >= 11 is 6.23. The van der Waals surface area contributed by atoms with Crippen LogP contribution in [-0.2, 0) is 9.59 Å². The van der Waals surface area contributed by atoms with E-state index in [-0.39, 0.29) is 41.0 Å². The van der Waals surface area contributed by atoms with Crippen molar-refractivity contribution in [1.29, 1.82) is 5.26 Å². The van der Waals surface area contributed by atoms with E-state index in [9.17, 15) is 19.6 Å². The monoisotopic (exact) mass is 553 g/mol. The molecule has 3 unspecified atom stereocenters. The van der Waals surface area contributed by atoms with Gasteiger partial charge in [-0.25, -0.2) is 0 Å². The summed E-state index contributed by atoms with van der Waals surface area (Å²) in [6.07, 6.45) is 6.65. The summed E-state index contributed by atoms with van der Waals surface area (Å²) in [5, 5.41) is 16.9. The molecule has 0 radical (unpaired) electrons. The first-order chi connectivity index (χ1) is 18.5. The minimum absolute atomic E-state index is 0.0947. The van der Waals surface area contributed by atoms with Crippen molar-refractivity contribution in [1.82, 2.24) is 20.5 Å². The van der Waals surface area contributed by atoms with Gasteiger partial charge in [-0.3, -0.25) is 14.4 Å². The highest BCUT2D eigenvalue weighted by Gasteiger charge is 2.49. The maximum atomic E-state index is 13.9. The number of nitriles is 1. The fourth-order valence-corrected chi connectivity index (χ4v) is 7.07. The van der Waals surface area contributed by atoms with Gasteiger partial charge in [0.2, 0.25) is 11.8 Å². The normalized spacial score (nSPS) is 24.4. The van der Waals surface area contributed by atoms with E-state index < -0.39 is 12.1 Å². The number of H-pyrrole nitrogens is 1. The number of aromatic nitrogens is 1. The molecule has 1 saturated carbocycles. The third kappa shape index (κ3) is 5.44. The highest BCUT2D eigenvalue weighted by molar-refractivity contribution is 6.31. The molecule has 3 amide bonds. The van der Waals surface area contributed by atoms with Crippen LogP contribution >= 0.6 is 11.6 Å². The Kier molecular flexibility index (Phi) is 7.27. The van der Waals surface area contributed by atoms with Crippen LogP contribution in [0.2, 0.25) is 5.02 Å². The number of carbonyl (C=O) groups is 3. The molecule has 2 aromatic rings. The number of fused-ring (bicyclic) bond motifs is 1. The van der Waals surface area contributed by atoms with Crippen LogP contribution in [0.4, 0.5) is 0 Å². The fraction of sp³-hybridized carbons (Fsp3) is 0.586. The number of hydrogen-bond donors (Lipinski definition) is 3. The van der Waals surface area contributed by atoms with Crippen LogP contribution < -0.4 is 15.4 Å². The van der Waals surface area contributed by atoms with Crippen molar-refractivity contribution in [2.45, 2.75) is 82.8 Å². The van der Waals surface area contributed by atoms with E-state index in [4.69, 9.17) is 16.3 Å². The molecule has 1 aliphatic carbocycles. The lowest BCUT2D eigenvalue weighted by Gasteiger charge is -2.32. The number of amides is 3. The predicted octanol–water partition coefficient (Wildman–Crippen LogP) is 4.31. The summed E-state index contributed by atoms with van der Waals surface area (Å²) < 4.78 is 5.45. The van der Waals surface area contributed by atoms with Gasteiger partial charge in [0.05, 0.1) is 18.7 Å². The molecule has 39 heavy (non-hydrogen) atoms. The van der Waals surface area contributed by atoms with E-state index >= 15 is 0 Å². The molecule has 2 aliphatic heterocycles. The van der Waals surface area contributed by atoms with Gasteiger partial charge in [0.25, 0.3) is 5.91 Å². The van der Waals surface area contributed by atoms with Crippen LogP contribution in [0.25, 0.3) is 10.9 Å². The highest BCUT2D eigenvalue weighted by Crippen LogP contribution is 2.47. The van der Waals surface area contributed by atoms with Crippen molar-refractivity contribution in [2.75, 3.05) is 13.7 Å². The average molecular weight is 554 g/mol. The van der Waals surface area contributed by atoms with E-state index in [0.717, 1.165) is 37.5 Å². The predicted molar refractivity (Wildman–Crippen MR) is 147 cm³/mol. The van der Waals surface area contributed by atoms with Gasteiger partial charge in [-0.05, 0) is 69.6 Å². The summed E-state index contributed by atoms with van der Waals surface area (Å²) in [6, 6.07) is 5.83. The molecule has 3 fully saturated rings. The van der Waals surface area contributed by atoms with Crippen molar-refractivity contribution in [3.05, 3.63) is 28.9 Å². The minimum atomic E-state index is -0.818. The number of nitrogens with one attached hydrogen (secondary N) is 3. The number of methoxy groups -OCH3 is 1. The number of rotatable bonds is 6. The van der Waals surface area contributed by atoms with E-state index in [2.05, 4.69) is 21.7 Å². The Morgan fingerprint density at radius 3 is 2.62 bits per heavy atom. The van der Waals surface area contributed by atoms with Crippen LogP contribution in [0.1, 0.15) is 75.7 Å². The second-order valence-corrected chi connectivity index (χ2v) is 12.6. The van der Waals surface area contributed by atoms with Gasteiger partial charge in [0.1, 0.15) is 23.5 Å². The number of benzene rings is 1. The summed E-state index contributed by atoms with van der Waals surface area (Å²) in [7, 11) is 1.55. The standard InChI is InChI=1S/C29H36ClN5O4/c1-28(2)13-17(25(36)34-28)9-19(15-31)32-26(37)23-14-29(7-5-4-6-8-29)16-35(23)27(38)22-12-20-21(33-22)10-18(30)11-24(20)39-3/h10-12,17,19,23,33H,4-9,13-14,16H2,1-3H3,(H,32,37)(H,34,36). The SMILES string of the molecule is COc1cc(Cl)cc2[nH]c(C(=O)N3CC4(CCCCC4)CC3C(=O)NC(C#N)CC3CC(C)(C)NC3=O)cc12. The third-order valence-corrected chi connectivity index (χ3v) is 8.90. The van der Waals surface area contributed by atoms with Crippen LogP contribution in [0.5, 0.6) is 5.75 Å². The second kappa shape index (κ2) is 10.4. The first kappa shape index (κ1) is 27.3. The van der Waals surface area contributed by atoms with Crippen LogP contribution in [-0.4, -0.2) is 58.9 Å². The van der Waals surface area contributed by atoms with E-state index in [0.29, 0.717) is 41.4 Å². The van der Waals surface area contributed by atoms with Crippen LogP contribution in [0.3, 0.4) is 0 Å². The topological polar surface area (TPSA) is 127 Å². The van der Waals surface area contributed by atoms with Gasteiger partial charge >= 0.3 is 0 Å². The number of halogens is 1. The van der Waals surface area contributed by atoms with Gasteiger partial charge in [0.15, 0.2) is 0 Å². The van der Waals surface area contributed by atoms with E-state index in [1.807, 2.05) is 13.8 Å². The molecule has 3 atom stereocenters. The molecular formula is C29H36ClN5O4. The number of aromatic amines is 1. The number of hydrogen-bond acceptors (Lipinski definition) is 5. The first-order valence-corrected chi connectivity index (χ1v) is 14.1. The second-order valence-electron chi connectivity index (χ2n) is 12.2. The molecule has 208 valence electrons. The quantitative estimate of drug-likeness (QED) is 0.491. The van der Waals surface area contributed by atoms with Crippen molar-refractivity contribution in [3.8, 4) is 11.8 Å². The summed E-state index contributed by atoms with van der Waals surface area (Å²) in [5.41, 5.74) is 0.594. The molecule has 3 heterocycles. The molecule has 2 saturated heterocycles. The summed E-state index contributed by atoms with van der Waals surface area (Å²) in [6.45, 7) is 4.39. The molecule has 1 aromatic heterocycles. The van der Waals surface area contributed by atoms with Gasteiger partial charge in [-0.2, -0.15) is 5.26 Å². The van der Waals surface area contributed by atoms with Crippen molar-refractivity contribution in [3.63, 3.8) is 0 Å².